The molecule has 25 heavy (non-hydrogen) atoms. The number of carbonyl (C=O) groups excluding carboxylic acids is 1. The summed E-state index contributed by atoms with van der Waals surface area (Å²) in [5.41, 5.74) is 9.09. The lowest BCUT2D eigenvalue weighted by atomic mass is 9.87. The average molecular weight is 364 g/mol. The monoisotopic (exact) mass is 363 g/mol. The molecule has 0 radical (unpaired) electrons. The van der Waals surface area contributed by atoms with E-state index in [-0.39, 0.29) is 12.0 Å². The number of carbonyl (C=O) groups is 1. The number of benzene rings is 1. The smallest absolute Gasteiger partial charge is 0.226 e. The molecule has 2 aliphatic rings. The van der Waals surface area contributed by atoms with Crippen molar-refractivity contribution in [1.29, 1.82) is 0 Å². The van der Waals surface area contributed by atoms with Gasteiger partial charge in [0.15, 0.2) is 0 Å². The Hall–Kier alpha value is -1.26. The zero-order chi connectivity index (χ0) is 18.0. The van der Waals surface area contributed by atoms with Crippen LogP contribution in [0, 0.1) is 12.8 Å². The van der Waals surface area contributed by atoms with E-state index in [2.05, 4.69) is 16.7 Å². The van der Waals surface area contributed by atoms with Crippen LogP contribution in [-0.2, 0) is 11.3 Å². The van der Waals surface area contributed by atoms with Gasteiger partial charge in [-0.2, -0.15) is 0 Å². The second kappa shape index (κ2) is 7.96. The van der Waals surface area contributed by atoms with Crippen molar-refractivity contribution in [2.24, 2.45) is 5.92 Å². The fourth-order valence-electron chi connectivity index (χ4n) is 4.25. The number of nitrogen functional groups attached to an aromatic ring is 1. The molecule has 3 rings (SSSR count). The van der Waals surface area contributed by atoms with Gasteiger partial charge in [-0.3, -0.25) is 9.69 Å². The van der Waals surface area contributed by atoms with Crippen LogP contribution >= 0.6 is 11.6 Å². The molecule has 138 valence electrons. The molecule has 1 aliphatic carbocycles. The minimum Gasteiger partial charge on any atom is -0.398 e. The Morgan fingerprint density at radius 3 is 2.64 bits per heavy atom. The van der Waals surface area contributed by atoms with Gasteiger partial charge in [-0.25, -0.2) is 0 Å². The van der Waals surface area contributed by atoms with Crippen molar-refractivity contribution in [3.63, 3.8) is 0 Å². The average Bonchev–Trinajstić information content (AvgIpc) is 2.59. The molecule has 1 saturated carbocycles. The molecule has 0 unspecified atom stereocenters. The van der Waals surface area contributed by atoms with Gasteiger partial charge in [0, 0.05) is 48.8 Å². The van der Waals surface area contributed by atoms with Crippen LogP contribution in [0.5, 0.6) is 0 Å². The molecular formula is C20H30ClN3O. The fourth-order valence-corrected chi connectivity index (χ4v) is 4.50. The van der Waals surface area contributed by atoms with Gasteiger partial charge in [-0.1, -0.05) is 30.9 Å². The van der Waals surface area contributed by atoms with Crippen molar-refractivity contribution in [2.75, 3.05) is 25.4 Å². The first-order valence-corrected chi connectivity index (χ1v) is 9.91. The number of hydrogen-bond acceptors (Lipinski definition) is 3. The van der Waals surface area contributed by atoms with Crippen LogP contribution in [-0.4, -0.2) is 41.4 Å². The van der Waals surface area contributed by atoms with Gasteiger partial charge >= 0.3 is 0 Å². The Labute approximate surface area is 156 Å². The van der Waals surface area contributed by atoms with E-state index < -0.39 is 0 Å². The van der Waals surface area contributed by atoms with E-state index in [9.17, 15) is 4.79 Å². The van der Waals surface area contributed by atoms with Crippen LogP contribution in [0.25, 0.3) is 0 Å². The molecule has 4 nitrogen and oxygen atoms in total. The third-order valence-electron chi connectivity index (χ3n) is 5.86. The first-order valence-electron chi connectivity index (χ1n) is 9.53. The fraction of sp³-hybridized carbons (Fsp3) is 0.650. The number of piperazine rings is 1. The quantitative estimate of drug-likeness (QED) is 0.830. The maximum Gasteiger partial charge on any atom is 0.226 e. The van der Waals surface area contributed by atoms with Crippen molar-refractivity contribution in [1.82, 2.24) is 9.80 Å². The van der Waals surface area contributed by atoms with Gasteiger partial charge in [0.1, 0.15) is 0 Å². The molecule has 1 aromatic rings. The molecule has 1 aromatic carbocycles. The SMILES string of the molecule is Cc1c(N)cc(Cl)cc1CN1CCN(C(=O)C2CCCCC2)[C@@H](C)C1. The Balaban J connectivity index is 1.61. The van der Waals surface area contributed by atoms with E-state index >= 15 is 0 Å². The molecule has 0 aromatic heterocycles. The summed E-state index contributed by atoms with van der Waals surface area (Å²) >= 11 is 6.17. The third kappa shape index (κ3) is 4.29. The van der Waals surface area contributed by atoms with Gasteiger partial charge in [-0.15, -0.1) is 0 Å². The molecule has 2 fully saturated rings. The minimum atomic E-state index is 0.262. The van der Waals surface area contributed by atoms with Gasteiger partial charge in [0.25, 0.3) is 0 Å². The second-order valence-corrected chi connectivity index (χ2v) is 8.17. The Morgan fingerprint density at radius 1 is 1.24 bits per heavy atom. The number of nitrogens with two attached hydrogens (primary N) is 1. The van der Waals surface area contributed by atoms with E-state index in [1.807, 2.05) is 19.1 Å². The minimum absolute atomic E-state index is 0.262. The van der Waals surface area contributed by atoms with Crippen LogP contribution in [0.1, 0.15) is 50.2 Å². The zero-order valence-corrected chi connectivity index (χ0v) is 16.2. The van der Waals surface area contributed by atoms with E-state index in [1.54, 1.807) is 0 Å². The van der Waals surface area contributed by atoms with Crippen molar-refractivity contribution < 1.29 is 4.79 Å². The van der Waals surface area contributed by atoms with Crippen LogP contribution < -0.4 is 5.73 Å². The lowest BCUT2D eigenvalue weighted by Crippen LogP contribution is -2.55. The number of rotatable bonds is 3. The normalized spacial score (nSPS) is 23.0. The topological polar surface area (TPSA) is 49.6 Å². The molecule has 1 heterocycles. The third-order valence-corrected chi connectivity index (χ3v) is 6.08. The van der Waals surface area contributed by atoms with Gasteiger partial charge in [-0.05, 0) is 49.9 Å². The molecule has 0 spiro atoms. The van der Waals surface area contributed by atoms with Gasteiger partial charge < -0.3 is 10.6 Å². The highest BCUT2D eigenvalue weighted by molar-refractivity contribution is 6.31. The van der Waals surface area contributed by atoms with Crippen molar-refractivity contribution in [2.45, 2.75) is 58.5 Å². The number of nitrogens with zero attached hydrogens (tertiary/aromatic N) is 2. The Kier molecular flexibility index (Phi) is 5.90. The molecule has 1 atom stereocenters. The number of amides is 1. The lowest BCUT2D eigenvalue weighted by molar-refractivity contribution is -0.141. The van der Waals surface area contributed by atoms with Crippen LogP contribution in [0.3, 0.4) is 0 Å². The molecular weight excluding hydrogens is 334 g/mol. The standard InChI is InChI=1S/C20H30ClN3O/c1-14-12-23(13-17-10-18(21)11-19(22)15(17)2)8-9-24(14)20(25)16-6-4-3-5-7-16/h10-11,14,16H,3-9,12-13,22H2,1-2H3/t14-/m0/s1. The molecule has 0 bridgehead atoms. The van der Waals surface area contributed by atoms with Gasteiger partial charge in [0.05, 0.1) is 0 Å². The number of halogens is 1. The summed E-state index contributed by atoms with van der Waals surface area (Å²) in [5, 5.41) is 0.692. The summed E-state index contributed by atoms with van der Waals surface area (Å²) in [6.45, 7) is 7.70. The van der Waals surface area contributed by atoms with E-state index in [1.165, 1.54) is 24.8 Å². The van der Waals surface area contributed by atoms with E-state index in [4.69, 9.17) is 17.3 Å². The molecule has 1 aliphatic heterocycles. The summed E-state index contributed by atoms with van der Waals surface area (Å²) in [4.78, 5) is 17.4. The Morgan fingerprint density at radius 2 is 1.96 bits per heavy atom. The highest BCUT2D eigenvalue weighted by Crippen LogP contribution is 2.28. The maximum absolute atomic E-state index is 12.8. The lowest BCUT2D eigenvalue weighted by Gasteiger charge is -2.42. The maximum atomic E-state index is 12.8. The first kappa shape index (κ1) is 18.5. The highest BCUT2D eigenvalue weighted by Gasteiger charge is 2.32. The first-order chi connectivity index (χ1) is 12.0. The number of hydrogen-bond donors (Lipinski definition) is 1. The number of anilines is 1. The predicted molar refractivity (Wildman–Crippen MR) is 104 cm³/mol. The summed E-state index contributed by atoms with van der Waals surface area (Å²) in [6, 6.07) is 4.08. The Bertz CT molecular complexity index is 628. The van der Waals surface area contributed by atoms with Crippen molar-refractivity contribution >= 4 is 23.2 Å². The van der Waals surface area contributed by atoms with Crippen molar-refractivity contribution in [3.05, 3.63) is 28.3 Å². The molecule has 2 N–H and O–H groups in total. The predicted octanol–water partition coefficient (Wildman–Crippen LogP) is 3.84. The summed E-state index contributed by atoms with van der Waals surface area (Å²) in [6.07, 6.45) is 5.86. The zero-order valence-electron chi connectivity index (χ0n) is 15.4. The summed E-state index contributed by atoms with van der Waals surface area (Å²) in [7, 11) is 0. The molecule has 5 heteroatoms. The van der Waals surface area contributed by atoms with E-state index in [0.717, 1.165) is 50.3 Å². The van der Waals surface area contributed by atoms with Crippen LogP contribution in [0.4, 0.5) is 5.69 Å². The van der Waals surface area contributed by atoms with Gasteiger partial charge in [0.2, 0.25) is 5.91 Å². The second-order valence-electron chi connectivity index (χ2n) is 7.73. The van der Waals surface area contributed by atoms with Crippen LogP contribution in [0.2, 0.25) is 5.02 Å². The van der Waals surface area contributed by atoms with Crippen molar-refractivity contribution in [3.8, 4) is 0 Å². The molecule has 1 saturated heterocycles. The summed E-state index contributed by atoms with van der Waals surface area (Å²) < 4.78 is 0. The summed E-state index contributed by atoms with van der Waals surface area (Å²) in [5.74, 6) is 0.646. The van der Waals surface area contributed by atoms with Crippen LogP contribution in [0.15, 0.2) is 12.1 Å². The van der Waals surface area contributed by atoms with E-state index in [0.29, 0.717) is 10.9 Å². The highest BCUT2D eigenvalue weighted by atomic mass is 35.5. The molecule has 1 amide bonds. The largest absolute Gasteiger partial charge is 0.398 e.